The van der Waals surface area contributed by atoms with Crippen LogP contribution < -0.4 is 10.5 Å². The summed E-state index contributed by atoms with van der Waals surface area (Å²) in [6.45, 7) is 10.1. The van der Waals surface area contributed by atoms with Gasteiger partial charge in [-0.15, -0.1) is 0 Å². The zero-order valence-electron chi connectivity index (χ0n) is 12.0. The molecule has 0 aliphatic heterocycles. The number of benzene rings is 1. The standard InChI is InChI=1S/C15H25NO2/c1-10-6-7-11(2)12(8-10)18-13(9-17)14(16)15(3,4)5/h6-8,13-14,17H,9,16H2,1-5H3. The largest absolute Gasteiger partial charge is 0.486 e. The highest BCUT2D eigenvalue weighted by molar-refractivity contribution is 5.36. The van der Waals surface area contributed by atoms with Gasteiger partial charge in [0.25, 0.3) is 0 Å². The Kier molecular flexibility index (Phi) is 4.77. The average Bonchev–Trinajstić information content (AvgIpc) is 2.28. The highest BCUT2D eigenvalue weighted by Gasteiger charge is 2.30. The van der Waals surface area contributed by atoms with E-state index in [1.54, 1.807) is 0 Å². The summed E-state index contributed by atoms with van der Waals surface area (Å²) in [5.41, 5.74) is 8.24. The smallest absolute Gasteiger partial charge is 0.137 e. The molecule has 0 aliphatic carbocycles. The first-order chi connectivity index (χ1) is 8.25. The number of aryl methyl sites for hydroxylation is 2. The van der Waals surface area contributed by atoms with Crippen molar-refractivity contribution in [1.29, 1.82) is 0 Å². The summed E-state index contributed by atoms with van der Waals surface area (Å²) in [7, 11) is 0. The number of rotatable bonds is 4. The second-order valence-corrected chi connectivity index (χ2v) is 6.00. The van der Waals surface area contributed by atoms with Crippen LogP contribution in [0.3, 0.4) is 0 Å². The van der Waals surface area contributed by atoms with Crippen LogP contribution >= 0.6 is 0 Å². The fourth-order valence-electron chi connectivity index (χ4n) is 1.78. The summed E-state index contributed by atoms with van der Waals surface area (Å²) in [5.74, 6) is 0.800. The Morgan fingerprint density at radius 1 is 1.28 bits per heavy atom. The van der Waals surface area contributed by atoms with Gasteiger partial charge in [-0.1, -0.05) is 32.9 Å². The van der Waals surface area contributed by atoms with Crippen molar-refractivity contribution in [3.05, 3.63) is 29.3 Å². The lowest BCUT2D eigenvalue weighted by Crippen LogP contribution is -2.49. The quantitative estimate of drug-likeness (QED) is 0.864. The monoisotopic (exact) mass is 251 g/mol. The number of ether oxygens (including phenoxy) is 1. The highest BCUT2D eigenvalue weighted by atomic mass is 16.5. The van der Waals surface area contributed by atoms with E-state index in [4.69, 9.17) is 10.5 Å². The number of aliphatic hydroxyl groups excluding tert-OH is 1. The molecule has 0 aliphatic rings. The first-order valence-corrected chi connectivity index (χ1v) is 6.36. The second kappa shape index (κ2) is 5.72. The maximum Gasteiger partial charge on any atom is 0.137 e. The van der Waals surface area contributed by atoms with Crippen LogP contribution in [0.4, 0.5) is 0 Å². The molecule has 0 heterocycles. The van der Waals surface area contributed by atoms with Crippen LogP contribution in [-0.4, -0.2) is 23.9 Å². The van der Waals surface area contributed by atoms with E-state index in [-0.39, 0.29) is 24.2 Å². The number of hydrogen-bond acceptors (Lipinski definition) is 3. The van der Waals surface area contributed by atoms with E-state index in [2.05, 4.69) is 0 Å². The van der Waals surface area contributed by atoms with E-state index in [0.717, 1.165) is 16.9 Å². The van der Waals surface area contributed by atoms with Crippen LogP contribution in [0.25, 0.3) is 0 Å². The minimum atomic E-state index is -0.384. The van der Waals surface area contributed by atoms with Crippen molar-refractivity contribution in [3.63, 3.8) is 0 Å². The van der Waals surface area contributed by atoms with E-state index in [1.165, 1.54) is 0 Å². The van der Waals surface area contributed by atoms with E-state index in [9.17, 15) is 5.11 Å². The minimum Gasteiger partial charge on any atom is -0.486 e. The maximum atomic E-state index is 9.48. The van der Waals surface area contributed by atoms with Gasteiger partial charge in [0.1, 0.15) is 11.9 Å². The van der Waals surface area contributed by atoms with Crippen molar-refractivity contribution < 1.29 is 9.84 Å². The Morgan fingerprint density at radius 3 is 2.39 bits per heavy atom. The van der Waals surface area contributed by atoms with Crippen molar-refractivity contribution in [2.45, 2.75) is 46.8 Å². The van der Waals surface area contributed by atoms with Gasteiger partial charge in [-0.05, 0) is 36.5 Å². The zero-order valence-corrected chi connectivity index (χ0v) is 12.0. The predicted molar refractivity (Wildman–Crippen MR) is 74.8 cm³/mol. The summed E-state index contributed by atoms with van der Waals surface area (Å²) in [5, 5.41) is 9.48. The highest BCUT2D eigenvalue weighted by Crippen LogP contribution is 2.25. The summed E-state index contributed by atoms with van der Waals surface area (Å²) >= 11 is 0. The lowest BCUT2D eigenvalue weighted by atomic mass is 9.84. The Labute approximate surface area is 110 Å². The van der Waals surface area contributed by atoms with Gasteiger partial charge in [-0.3, -0.25) is 0 Å². The molecule has 2 atom stereocenters. The molecule has 0 saturated carbocycles. The molecule has 3 heteroatoms. The third-order valence-electron chi connectivity index (χ3n) is 3.20. The SMILES string of the molecule is Cc1ccc(C)c(OC(CO)C(N)C(C)(C)C)c1. The Morgan fingerprint density at radius 2 is 1.89 bits per heavy atom. The second-order valence-electron chi connectivity index (χ2n) is 6.00. The molecule has 18 heavy (non-hydrogen) atoms. The van der Waals surface area contributed by atoms with Crippen molar-refractivity contribution in [3.8, 4) is 5.75 Å². The number of nitrogens with two attached hydrogens (primary N) is 1. The molecule has 0 bridgehead atoms. The molecule has 102 valence electrons. The molecule has 0 fully saturated rings. The van der Waals surface area contributed by atoms with Gasteiger partial charge >= 0.3 is 0 Å². The van der Waals surface area contributed by atoms with Gasteiger partial charge in [-0.25, -0.2) is 0 Å². The molecule has 1 aromatic rings. The van der Waals surface area contributed by atoms with Crippen LogP contribution in [-0.2, 0) is 0 Å². The summed E-state index contributed by atoms with van der Waals surface area (Å²) in [6, 6.07) is 5.82. The van der Waals surface area contributed by atoms with Crippen molar-refractivity contribution in [2.24, 2.45) is 11.1 Å². The fraction of sp³-hybridized carbons (Fsp3) is 0.600. The lowest BCUT2D eigenvalue weighted by molar-refractivity contribution is 0.0586. The maximum absolute atomic E-state index is 9.48. The van der Waals surface area contributed by atoms with Crippen LogP contribution in [0, 0.1) is 19.3 Å². The van der Waals surface area contributed by atoms with Gasteiger partial charge in [0.05, 0.1) is 6.61 Å². The molecule has 1 rings (SSSR count). The predicted octanol–water partition coefficient (Wildman–Crippen LogP) is 2.42. The van der Waals surface area contributed by atoms with Crippen LogP contribution in [0.15, 0.2) is 18.2 Å². The first-order valence-electron chi connectivity index (χ1n) is 6.36. The van der Waals surface area contributed by atoms with Crippen molar-refractivity contribution in [2.75, 3.05) is 6.61 Å². The van der Waals surface area contributed by atoms with Crippen molar-refractivity contribution >= 4 is 0 Å². The molecule has 0 saturated heterocycles. The van der Waals surface area contributed by atoms with Crippen LogP contribution in [0.5, 0.6) is 5.75 Å². The Hall–Kier alpha value is -1.06. The molecule has 0 radical (unpaired) electrons. The summed E-state index contributed by atoms with van der Waals surface area (Å²) < 4.78 is 5.89. The van der Waals surface area contributed by atoms with Gasteiger partial charge in [0.2, 0.25) is 0 Å². The summed E-state index contributed by atoms with van der Waals surface area (Å²) in [6.07, 6.45) is -0.384. The van der Waals surface area contributed by atoms with Gasteiger partial charge in [0.15, 0.2) is 0 Å². The lowest BCUT2D eigenvalue weighted by Gasteiger charge is -2.33. The van der Waals surface area contributed by atoms with E-state index >= 15 is 0 Å². The molecule has 0 amide bonds. The van der Waals surface area contributed by atoms with E-state index in [1.807, 2.05) is 52.8 Å². The molecular weight excluding hydrogens is 226 g/mol. The molecule has 3 nitrogen and oxygen atoms in total. The molecule has 2 unspecified atom stereocenters. The fourth-order valence-corrected chi connectivity index (χ4v) is 1.78. The Bertz CT molecular complexity index is 396. The first kappa shape index (κ1) is 15.0. The topological polar surface area (TPSA) is 55.5 Å². The molecule has 0 spiro atoms. The average molecular weight is 251 g/mol. The summed E-state index contributed by atoms with van der Waals surface area (Å²) in [4.78, 5) is 0. The third-order valence-corrected chi connectivity index (χ3v) is 3.20. The van der Waals surface area contributed by atoms with Gasteiger partial charge in [0, 0.05) is 6.04 Å². The van der Waals surface area contributed by atoms with Gasteiger partial charge < -0.3 is 15.6 Å². The van der Waals surface area contributed by atoms with E-state index in [0.29, 0.717) is 0 Å². The Balaban J connectivity index is 2.89. The molecule has 3 N–H and O–H groups in total. The number of hydrogen-bond donors (Lipinski definition) is 2. The van der Waals surface area contributed by atoms with Gasteiger partial charge in [-0.2, -0.15) is 0 Å². The zero-order chi connectivity index (χ0) is 13.9. The molecule has 0 aromatic heterocycles. The minimum absolute atomic E-state index is 0.0776. The van der Waals surface area contributed by atoms with Crippen LogP contribution in [0.2, 0.25) is 0 Å². The third kappa shape index (κ3) is 3.72. The molecular formula is C15H25NO2. The normalized spacial score (nSPS) is 15.3. The van der Waals surface area contributed by atoms with Crippen LogP contribution in [0.1, 0.15) is 31.9 Å². The molecule has 1 aromatic carbocycles. The van der Waals surface area contributed by atoms with E-state index < -0.39 is 0 Å². The van der Waals surface area contributed by atoms with Crippen molar-refractivity contribution in [1.82, 2.24) is 0 Å². The number of aliphatic hydroxyl groups is 1.